The van der Waals surface area contributed by atoms with Crippen molar-refractivity contribution in [2.45, 2.75) is 31.8 Å². The Kier molecular flexibility index (Phi) is 2.99. The summed E-state index contributed by atoms with van der Waals surface area (Å²) >= 11 is 0. The van der Waals surface area contributed by atoms with E-state index in [1.54, 1.807) is 12.1 Å². The minimum atomic E-state index is -1.000. The molecule has 0 spiro atoms. The van der Waals surface area contributed by atoms with E-state index in [0.29, 0.717) is 11.4 Å². The summed E-state index contributed by atoms with van der Waals surface area (Å²) in [5, 5.41) is 9.03. The van der Waals surface area contributed by atoms with Gasteiger partial charge in [0, 0.05) is 5.69 Å². The third-order valence-corrected chi connectivity index (χ3v) is 2.83. The van der Waals surface area contributed by atoms with Gasteiger partial charge in [-0.1, -0.05) is 0 Å². The van der Waals surface area contributed by atoms with E-state index >= 15 is 0 Å². The molecule has 0 unspecified atom stereocenters. The topological polar surface area (TPSA) is 72.5 Å². The first kappa shape index (κ1) is 10.8. The van der Waals surface area contributed by atoms with Crippen molar-refractivity contribution in [2.24, 2.45) is 0 Å². The lowest BCUT2D eigenvalue weighted by Gasteiger charge is -2.15. The van der Waals surface area contributed by atoms with E-state index in [2.05, 4.69) is 0 Å². The summed E-state index contributed by atoms with van der Waals surface area (Å²) in [5.74, 6) is -0.575. The Hall–Kier alpha value is -1.71. The lowest BCUT2D eigenvalue weighted by Crippen LogP contribution is -2.13. The maximum atomic E-state index is 11.0. The van der Waals surface area contributed by atoms with Crippen LogP contribution in [0.4, 0.5) is 5.69 Å². The molecule has 1 aliphatic rings. The molecule has 1 aliphatic carbocycles. The molecule has 1 fully saturated rings. The Morgan fingerprint density at radius 1 is 1.38 bits per heavy atom. The third-order valence-electron chi connectivity index (χ3n) is 2.83. The maximum absolute atomic E-state index is 11.0. The van der Waals surface area contributed by atoms with Gasteiger partial charge in [0.15, 0.2) is 0 Å². The van der Waals surface area contributed by atoms with Crippen LogP contribution in [0.15, 0.2) is 18.2 Å². The fraction of sp³-hybridized carbons (Fsp3) is 0.417. The number of aromatic carboxylic acids is 1. The van der Waals surface area contributed by atoms with Crippen LogP contribution in [-0.4, -0.2) is 17.2 Å². The van der Waals surface area contributed by atoms with Gasteiger partial charge in [0.05, 0.1) is 6.10 Å². The van der Waals surface area contributed by atoms with Gasteiger partial charge in [-0.3, -0.25) is 0 Å². The second kappa shape index (κ2) is 4.43. The molecule has 0 amide bonds. The fourth-order valence-corrected chi connectivity index (χ4v) is 2.00. The summed E-state index contributed by atoms with van der Waals surface area (Å²) < 4.78 is 5.69. The van der Waals surface area contributed by atoms with Crippen molar-refractivity contribution in [1.82, 2.24) is 0 Å². The first-order valence-corrected chi connectivity index (χ1v) is 5.46. The van der Waals surface area contributed by atoms with E-state index in [-0.39, 0.29) is 11.7 Å². The quantitative estimate of drug-likeness (QED) is 0.768. The number of hydrogen-bond donors (Lipinski definition) is 2. The minimum Gasteiger partial charge on any atom is -0.490 e. The third kappa shape index (κ3) is 2.27. The lowest BCUT2D eigenvalue weighted by atomic mass is 10.1. The monoisotopic (exact) mass is 221 g/mol. The molecule has 16 heavy (non-hydrogen) atoms. The Labute approximate surface area is 94.0 Å². The molecule has 3 N–H and O–H groups in total. The normalized spacial score (nSPS) is 16.2. The molecule has 0 saturated heterocycles. The van der Waals surface area contributed by atoms with Gasteiger partial charge >= 0.3 is 5.97 Å². The number of ether oxygens (including phenoxy) is 1. The average Bonchev–Trinajstić information content (AvgIpc) is 2.73. The van der Waals surface area contributed by atoms with Crippen LogP contribution in [0, 0.1) is 0 Å². The van der Waals surface area contributed by atoms with Crippen molar-refractivity contribution in [3.05, 3.63) is 23.8 Å². The number of carbonyl (C=O) groups is 1. The molecule has 4 heteroatoms. The van der Waals surface area contributed by atoms with Crippen LogP contribution >= 0.6 is 0 Å². The Bertz CT molecular complexity index is 397. The highest BCUT2D eigenvalue weighted by Gasteiger charge is 2.19. The van der Waals surface area contributed by atoms with Gasteiger partial charge in [-0.05, 0) is 43.9 Å². The van der Waals surface area contributed by atoms with E-state index in [9.17, 15) is 4.79 Å². The van der Waals surface area contributed by atoms with Crippen molar-refractivity contribution < 1.29 is 14.6 Å². The van der Waals surface area contributed by atoms with E-state index in [0.717, 1.165) is 25.7 Å². The van der Waals surface area contributed by atoms with Crippen molar-refractivity contribution in [1.29, 1.82) is 0 Å². The summed E-state index contributed by atoms with van der Waals surface area (Å²) in [4.78, 5) is 11.0. The van der Waals surface area contributed by atoms with Gasteiger partial charge in [-0.15, -0.1) is 0 Å². The summed E-state index contributed by atoms with van der Waals surface area (Å²) in [6.45, 7) is 0. The van der Waals surface area contributed by atoms with E-state index < -0.39 is 5.97 Å². The highest BCUT2D eigenvalue weighted by atomic mass is 16.5. The Balaban J connectivity index is 2.21. The molecule has 1 saturated carbocycles. The molecule has 1 aromatic carbocycles. The van der Waals surface area contributed by atoms with E-state index in [4.69, 9.17) is 15.6 Å². The van der Waals surface area contributed by atoms with Gasteiger partial charge in [0.1, 0.15) is 11.3 Å². The number of rotatable bonds is 3. The molecule has 2 rings (SSSR count). The minimum absolute atomic E-state index is 0.145. The molecule has 86 valence electrons. The number of nitrogen functional groups attached to an aromatic ring is 1. The smallest absolute Gasteiger partial charge is 0.339 e. The molecule has 4 nitrogen and oxygen atoms in total. The van der Waals surface area contributed by atoms with Crippen molar-refractivity contribution in [3.8, 4) is 5.75 Å². The Morgan fingerprint density at radius 3 is 2.69 bits per heavy atom. The number of nitrogens with two attached hydrogens (primary N) is 1. The van der Waals surface area contributed by atoms with Crippen LogP contribution in [0.5, 0.6) is 5.75 Å². The number of carboxylic acid groups (broad SMARTS) is 1. The number of hydrogen-bond acceptors (Lipinski definition) is 3. The molecular weight excluding hydrogens is 206 g/mol. The summed E-state index contributed by atoms with van der Waals surface area (Å²) in [7, 11) is 0. The zero-order valence-electron chi connectivity index (χ0n) is 8.98. The maximum Gasteiger partial charge on any atom is 0.339 e. The van der Waals surface area contributed by atoms with E-state index in [1.165, 1.54) is 6.07 Å². The Morgan fingerprint density at radius 2 is 2.06 bits per heavy atom. The molecular formula is C12H15NO3. The van der Waals surface area contributed by atoms with Crippen LogP contribution in [0.1, 0.15) is 36.0 Å². The molecule has 0 atom stereocenters. The van der Waals surface area contributed by atoms with Crippen molar-refractivity contribution in [3.63, 3.8) is 0 Å². The van der Waals surface area contributed by atoms with Crippen LogP contribution in [-0.2, 0) is 0 Å². The van der Waals surface area contributed by atoms with Crippen LogP contribution in [0.3, 0.4) is 0 Å². The molecule has 0 aromatic heterocycles. The predicted octanol–water partition coefficient (Wildman–Crippen LogP) is 2.29. The summed E-state index contributed by atoms with van der Waals surface area (Å²) in [5.41, 5.74) is 6.14. The standard InChI is InChI=1S/C12H15NO3/c13-8-5-6-11(10(7-8)12(14)15)16-9-3-1-2-4-9/h5-7,9H,1-4,13H2,(H,14,15). The lowest BCUT2D eigenvalue weighted by molar-refractivity contribution is 0.0689. The second-order valence-corrected chi connectivity index (χ2v) is 4.09. The van der Waals surface area contributed by atoms with Gasteiger partial charge in [-0.25, -0.2) is 4.79 Å². The zero-order chi connectivity index (χ0) is 11.5. The highest BCUT2D eigenvalue weighted by molar-refractivity contribution is 5.92. The highest BCUT2D eigenvalue weighted by Crippen LogP contribution is 2.27. The van der Waals surface area contributed by atoms with Crippen LogP contribution in [0.2, 0.25) is 0 Å². The van der Waals surface area contributed by atoms with Gasteiger partial charge in [0.25, 0.3) is 0 Å². The summed E-state index contributed by atoms with van der Waals surface area (Å²) in [6.07, 6.45) is 4.47. The van der Waals surface area contributed by atoms with Gasteiger partial charge in [-0.2, -0.15) is 0 Å². The zero-order valence-corrected chi connectivity index (χ0v) is 8.98. The first-order chi connectivity index (χ1) is 7.66. The van der Waals surface area contributed by atoms with Crippen LogP contribution < -0.4 is 10.5 Å². The fourth-order valence-electron chi connectivity index (χ4n) is 2.00. The molecule has 0 bridgehead atoms. The average molecular weight is 221 g/mol. The van der Waals surface area contributed by atoms with Gasteiger partial charge in [0.2, 0.25) is 0 Å². The SMILES string of the molecule is Nc1ccc(OC2CCCC2)c(C(=O)O)c1. The largest absolute Gasteiger partial charge is 0.490 e. The number of carboxylic acids is 1. The first-order valence-electron chi connectivity index (χ1n) is 5.46. The molecule has 0 radical (unpaired) electrons. The predicted molar refractivity (Wildman–Crippen MR) is 60.7 cm³/mol. The van der Waals surface area contributed by atoms with Gasteiger partial charge < -0.3 is 15.6 Å². The van der Waals surface area contributed by atoms with Crippen molar-refractivity contribution >= 4 is 11.7 Å². The molecule has 0 aliphatic heterocycles. The number of benzene rings is 1. The summed E-state index contributed by atoms with van der Waals surface area (Å²) in [6, 6.07) is 4.74. The molecule has 1 aromatic rings. The van der Waals surface area contributed by atoms with Crippen molar-refractivity contribution in [2.75, 3.05) is 5.73 Å². The number of anilines is 1. The van der Waals surface area contributed by atoms with Crippen LogP contribution in [0.25, 0.3) is 0 Å². The second-order valence-electron chi connectivity index (χ2n) is 4.09. The molecule has 0 heterocycles. The van der Waals surface area contributed by atoms with E-state index in [1.807, 2.05) is 0 Å².